The Morgan fingerprint density at radius 1 is 1.08 bits per heavy atom. The molecule has 3 fully saturated rings. The fourth-order valence-electron chi connectivity index (χ4n) is 5.28. The highest BCUT2D eigenvalue weighted by molar-refractivity contribution is 5.91. The number of ether oxygens (including phenoxy) is 2. The van der Waals surface area contributed by atoms with Crippen LogP contribution in [0.3, 0.4) is 0 Å². The molecule has 206 valence electrons. The average Bonchev–Trinajstić information content (AvgIpc) is 3.57. The molecule has 5 rings (SSSR count). The number of hydrogen-bond donors (Lipinski definition) is 2. The van der Waals surface area contributed by atoms with Gasteiger partial charge in [-0.05, 0) is 66.6 Å². The van der Waals surface area contributed by atoms with Crippen molar-refractivity contribution in [2.45, 2.75) is 38.4 Å². The summed E-state index contributed by atoms with van der Waals surface area (Å²) in [4.78, 5) is 21.4. The topological polar surface area (TPSA) is 79.0 Å². The Balaban J connectivity index is 1.36. The third kappa shape index (κ3) is 6.68. The number of likely N-dealkylation sites (tertiary alicyclic amines) is 1. The van der Waals surface area contributed by atoms with Crippen molar-refractivity contribution in [2.75, 3.05) is 68.1 Å². The molecule has 2 unspecified atom stereocenters. The predicted octanol–water partition coefficient (Wildman–Crippen LogP) is 4.90. The van der Waals surface area contributed by atoms with E-state index in [9.17, 15) is 18.0 Å². The Kier molecular flexibility index (Phi) is 7.94. The SMILES string of the molecule is Cc1ccc(NC(=O)N2CCC(CC(F)(F)F)C2)cc1-c1cc(NC2CCOC2)nc(N2CCOCC2)c1. The molecular weight excluding hydrogens is 499 g/mol. The van der Waals surface area contributed by atoms with E-state index >= 15 is 0 Å². The highest BCUT2D eigenvalue weighted by Crippen LogP contribution is 2.33. The number of anilines is 3. The molecule has 8 nitrogen and oxygen atoms in total. The number of urea groups is 1. The van der Waals surface area contributed by atoms with Crippen molar-refractivity contribution in [1.82, 2.24) is 9.88 Å². The van der Waals surface area contributed by atoms with E-state index in [1.807, 2.05) is 31.2 Å². The molecular formula is C27H34F3N5O3. The van der Waals surface area contributed by atoms with Crippen molar-refractivity contribution in [3.05, 3.63) is 35.9 Å². The van der Waals surface area contributed by atoms with Crippen LogP contribution in [-0.2, 0) is 9.47 Å². The molecule has 3 saturated heterocycles. The fourth-order valence-corrected chi connectivity index (χ4v) is 5.28. The molecule has 0 spiro atoms. The summed E-state index contributed by atoms with van der Waals surface area (Å²) >= 11 is 0. The van der Waals surface area contributed by atoms with Crippen LogP contribution in [0.15, 0.2) is 30.3 Å². The molecule has 2 N–H and O–H groups in total. The number of carbonyl (C=O) groups excluding carboxylic acids is 1. The monoisotopic (exact) mass is 533 g/mol. The summed E-state index contributed by atoms with van der Waals surface area (Å²) in [6.45, 7) is 6.59. The van der Waals surface area contributed by atoms with Gasteiger partial charge in [-0.1, -0.05) is 6.07 Å². The lowest BCUT2D eigenvalue weighted by Gasteiger charge is -2.29. The van der Waals surface area contributed by atoms with Gasteiger partial charge >= 0.3 is 12.2 Å². The molecule has 1 aromatic heterocycles. The number of halogens is 3. The average molecular weight is 534 g/mol. The number of hydrogen-bond acceptors (Lipinski definition) is 6. The van der Waals surface area contributed by atoms with Gasteiger partial charge in [-0.3, -0.25) is 0 Å². The first-order valence-electron chi connectivity index (χ1n) is 13.2. The van der Waals surface area contributed by atoms with Crippen molar-refractivity contribution in [3.8, 4) is 11.1 Å². The normalized spacial score (nSPS) is 22.1. The van der Waals surface area contributed by atoms with E-state index in [2.05, 4.69) is 21.6 Å². The molecule has 4 heterocycles. The number of morpholine rings is 1. The summed E-state index contributed by atoms with van der Waals surface area (Å²) in [7, 11) is 0. The zero-order valence-electron chi connectivity index (χ0n) is 21.5. The minimum Gasteiger partial charge on any atom is -0.379 e. The Labute approximate surface area is 220 Å². The van der Waals surface area contributed by atoms with Gasteiger partial charge in [0.15, 0.2) is 0 Å². The van der Waals surface area contributed by atoms with E-state index in [0.29, 0.717) is 38.5 Å². The number of carbonyl (C=O) groups is 1. The number of pyridine rings is 1. The van der Waals surface area contributed by atoms with E-state index in [1.165, 1.54) is 4.90 Å². The number of aromatic nitrogens is 1. The molecule has 2 aromatic rings. The maximum absolute atomic E-state index is 12.8. The van der Waals surface area contributed by atoms with Gasteiger partial charge in [0.1, 0.15) is 11.6 Å². The third-order valence-corrected chi connectivity index (χ3v) is 7.32. The lowest BCUT2D eigenvalue weighted by molar-refractivity contribution is -0.143. The van der Waals surface area contributed by atoms with Crippen LogP contribution in [0.2, 0.25) is 0 Å². The maximum atomic E-state index is 12.8. The van der Waals surface area contributed by atoms with Crippen LogP contribution in [0.5, 0.6) is 0 Å². The minimum absolute atomic E-state index is 0.108. The molecule has 0 aliphatic carbocycles. The van der Waals surface area contributed by atoms with Gasteiger partial charge < -0.3 is 29.9 Å². The van der Waals surface area contributed by atoms with Crippen molar-refractivity contribution in [3.63, 3.8) is 0 Å². The van der Waals surface area contributed by atoms with Crippen LogP contribution < -0.4 is 15.5 Å². The minimum atomic E-state index is -4.22. The standard InChI is InChI=1S/C27H34F3N5O3/c1-18-2-3-21(32-26(36)35-6-4-19(16-35)15-27(28,29)30)14-23(18)20-12-24(31-22-5-9-38-17-22)33-25(13-20)34-7-10-37-11-8-34/h2-3,12-14,19,22H,4-11,15-17H2,1H3,(H,31,33)(H,32,36). The second-order valence-electron chi connectivity index (χ2n) is 10.3. The molecule has 3 aliphatic heterocycles. The first-order chi connectivity index (χ1) is 18.2. The summed E-state index contributed by atoms with van der Waals surface area (Å²) in [5.74, 6) is 1.07. The van der Waals surface area contributed by atoms with Crippen LogP contribution in [-0.4, -0.2) is 80.7 Å². The van der Waals surface area contributed by atoms with Crippen molar-refractivity contribution < 1.29 is 27.4 Å². The summed E-state index contributed by atoms with van der Waals surface area (Å²) in [6, 6.07) is 9.56. The molecule has 0 bridgehead atoms. The maximum Gasteiger partial charge on any atom is 0.389 e. The molecule has 0 radical (unpaired) electrons. The van der Waals surface area contributed by atoms with Crippen LogP contribution >= 0.6 is 0 Å². The van der Waals surface area contributed by atoms with Gasteiger partial charge in [0.25, 0.3) is 0 Å². The number of nitrogens with one attached hydrogen (secondary N) is 2. The highest BCUT2D eigenvalue weighted by atomic mass is 19.4. The lowest BCUT2D eigenvalue weighted by Crippen LogP contribution is -2.37. The molecule has 1 aromatic carbocycles. The highest BCUT2D eigenvalue weighted by Gasteiger charge is 2.36. The summed E-state index contributed by atoms with van der Waals surface area (Å²) in [5, 5.41) is 6.39. The number of rotatable bonds is 6. The van der Waals surface area contributed by atoms with Gasteiger partial charge in [0.05, 0.1) is 25.9 Å². The van der Waals surface area contributed by atoms with Gasteiger partial charge in [-0.2, -0.15) is 13.2 Å². The number of alkyl halides is 3. The second-order valence-corrected chi connectivity index (χ2v) is 10.3. The number of aryl methyl sites for hydroxylation is 1. The quantitative estimate of drug-likeness (QED) is 0.550. The Hall–Kier alpha value is -3.05. The van der Waals surface area contributed by atoms with Gasteiger partial charge in [0.2, 0.25) is 0 Å². The largest absolute Gasteiger partial charge is 0.389 e. The molecule has 2 atom stereocenters. The zero-order valence-corrected chi connectivity index (χ0v) is 21.5. The molecule has 38 heavy (non-hydrogen) atoms. The van der Waals surface area contributed by atoms with Gasteiger partial charge in [-0.25, -0.2) is 9.78 Å². The smallest absolute Gasteiger partial charge is 0.379 e. The summed E-state index contributed by atoms with van der Waals surface area (Å²) in [5.41, 5.74) is 3.53. The second kappa shape index (κ2) is 11.4. The Morgan fingerprint density at radius 3 is 2.63 bits per heavy atom. The Morgan fingerprint density at radius 2 is 1.89 bits per heavy atom. The molecule has 11 heteroatoms. The number of nitrogens with zero attached hydrogens (tertiary/aromatic N) is 3. The van der Waals surface area contributed by atoms with Crippen LogP contribution in [0, 0.1) is 12.8 Å². The van der Waals surface area contributed by atoms with E-state index in [1.54, 1.807) is 0 Å². The van der Waals surface area contributed by atoms with Crippen molar-refractivity contribution in [2.24, 2.45) is 5.92 Å². The van der Waals surface area contributed by atoms with Crippen molar-refractivity contribution >= 4 is 23.4 Å². The molecule has 2 amide bonds. The Bertz CT molecular complexity index is 1130. The molecule has 0 saturated carbocycles. The first kappa shape index (κ1) is 26.6. The number of amides is 2. The van der Waals surface area contributed by atoms with Crippen molar-refractivity contribution in [1.29, 1.82) is 0 Å². The van der Waals surface area contributed by atoms with Crippen LogP contribution in [0.4, 0.5) is 35.3 Å². The van der Waals surface area contributed by atoms with Gasteiger partial charge in [-0.15, -0.1) is 0 Å². The zero-order chi connectivity index (χ0) is 26.7. The number of benzene rings is 1. The van der Waals surface area contributed by atoms with Gasteiger partial charge in [0, 0.05) is 44.9 Å². The third-order valence-electron chi connectivity index (χ3n) is 7.32. The van der Waals surface area contributed by atoms with Crippen LogP contribution in [0.25, 0.3) is 11.1 Å². The lowest BCUT2D eigenvalue weighted by atomic mass is 10.00. The fraction of sp³-hybridized carbons (Fsp3) is 0.556. The predicted molar refractivity (Wildman–Crippen MR) is 140 cm³/mol. The van der Waals surface area contributed by atoms with E-state index in [-0.39, 0.29) is 18.6 Å². The van der Waals surface area contributed by atoms with E-state index < -0.39 is 18.5 Å². The summed E-state index contributed by atoms with van der Waals surface area (Å²) in [6.07, 6.45) is -3.80. The van der Waals surface area contributed by atoms with E-state index in [0.717, 1.165) is 54.4 Å². The summed E-state index contributed by atoms with van der Waals surface area (Å²) < 4.78 is 49.3. The van der Waals surface area contributed by atoms with E-state index in [4.69, 9.17) is 14.5 Å². The molecule has 3 aliphatic rings. The first-order valence-corrected chi connectivity index (χ1v) is 13.2. The van der Waals surface area contributed by atoms with Crippen LogP contribution in [0.1, 0.15) is 24.8 Å².